The van der Waals surface area contributed by atoms with Crippen LogP contribution in [0.25, 0.3) is 11.4 Å². The lowest BCUT2D eigenvalue weighted by Crippen LogP contribution is -2.15. The van der Waals surface area contributed by atoms with Gasteiger partial charge in [0, 0.05) is 29.6 Å². The zero-order chi connectivity index (χ0) is 24.2. The standard InChI is InChI=1S/C25H23FN6O2S/c26-20-11-10-17(13-19(20)23-31-30-21-9-5-2-6-12-32(21)23)27-22(33)14-18-15-35-25(28-18)29-24(34)16-7-3-1-4-8-16/h1,3-4,7-8,10-11,13,15H,2,5-6,9,12,14H2,(H,27,33)(H,28,29,34). The second-order valence-electron chi connectivity index (χ2n) is 8.29. The number of halogens is 1. The van der Waals surface area contributed by atoms with Crippen LogP contribution in [0.15, 0.2) is 53.9 Å². The van der Waals surface area contributed by atoms with Gasteiger partial charge in [-0.2, -0.15) is 0 Å². The first-order valence-corrected chi connectivity index (χ1v) is 12.3. The fourth-order valence-corrected chi connectivity index (χ4v) is 4.74. The number of hydrogen-bond donors (Lipinski definition) is 2. The Hall–Kier alpha value is -3.92. The number of rotatable bonds is 6. The first kappa shape index (κ1) is 22.9. The summed E-state index contributed by atoms with van der Waals surface area (Å²) in [6.07, 6.45) is 4.00. The van der Waals surface area contributed by atoms with Gasteiger partial charge >= 0.3 is 0 Å². The molecule has 2 aromatic carbocycles. The predicted octanol–water partition coefficient (Wildman–Crippen LogP) is 4.70. The SMILES string of the molecule is O=C(Cc1csc(NC(=O)c2ccccc2)n1)Nc1ccc(F)c(-c2nnc3n2CCCCC3)c1. The topological polar surface area (TPSA) is 102 Å². The van der Waals surface area contributed by atoms with Gasteiger partial charge in [-0.3, -0.25) is 14.9 Å². The zero-order valence-corrected chi connectivity index (χ0v) is 19.6. The van der Waals surface area contributed by atoms with Gasteiger partial charge in [0.1, 0.15) is 11.6 Å². The van der Waals surface area contributed by atoms with Crippen LogP contribution in [-0.2, 0) is 24.2 Å². The highest BCUT2D eigenvalue weighted by atomic mass is 32.1. The highest BCUT2D eigenvalue weighted by molar-refractivity contribution is 7.14. The van der Waals surface area contributed by atoms with E-state index >= 15 is 0 Å². The number of aromatic nitrogens is 4. The van der Waals surface area contributed by atoms with Crippen LogP contribution >= 0.6 is 11.3 Å². The Morgan fingerprint density at radius 2 is 1.89 bits per heavy atom. The third-order valence-corrected chi connectivity index (χ3v) is 6.56. The summed E-state index contributed by atoms with van der Waals surface area (Å²) in [5.41, 5.74) is 1.83. The van der Waals surface area contributed by atoms with Gasteiger partial charge in [0.05, 0.1) is 17.7 Å². The first-order chi connectivity index (χ1) is 17.1. The van der Waals surface area contributed by atoms with E-state index in [2.05, 4.69) is 25.8 Å². The molecule has 0 fully saturated rings. The molecular formula is C25H23FN6O2S. The van der Waals surface area contributed by atoms with E-state index in [4.69, 9.17) is 0 Å². The molecule has 178 valence electrons. The molecule has 10 heteroatoms. The van der Waals surface area contributed by atoms with Crippen molar-refractivity contribution in [2.45, 2.75) is 38.6 Å². The molecular weight excluding hydrogens is 467 g/mol. The van der Waals surface area contributed by atoms with E-state index in [9.17, 15) is 14.0 Å². The summed E-state index contributed by atoms with van der Waals surface area (Å²) in [7, 11) is 0. The van der Waals surface area contributed by atoms with Crippen molar-refractivity contribution in [3.63, 3.8) is 0 Å². The highest BCUT2D eigenvalue weighted by Gasteiger charge is 2.19. The second-order valence-corrected chi connectivity index (χ2v) is 9.14. The van der Waals surface area contributed by atoms with E-state index in [1.807, 2.05) is 10.6 Å². The lowest BCUT2D eigenvalue weighted by atomic mass is 10.1. The fourth-order valence-electron chi connectivity index (χ4n) is 4.03. The fraction of sp³-hybridized carbons (Fsp3) is 0.240. The van der Waals surface area contributed by atoms with E-state index in [1.165, 1.54) is 23.5 Å². The maximum Gasteiger partial charge on any atom is 0.257 e. The second kappa shape index (κ2) is 10.1. The smallest absolute Gasteiger partial charge is 0.257 e. The third kappa shape index (κ3) is 5.27. The molecule has 3 heterocycles. The number of fused-ring (bicyclic) bond motifs is 1. The van der Waals surface area contributed by atoms with Gasteiger partial charge in [-0.15, -0.1) is 21.5 Å². The molecule has 2 aromatic heterocycles. The van der Waals surface area contributed by atoms with Gasteiger partial charge in [-0.1, -0.05) is 24.6 Å². The van der Waals surface area contributed by atoms with Crippen molar-refractivity contribution in [2.24, 2.45) is 0 Å². The summed E-state index contributed by atoms with van der Waals surface area (Å²) in [5, 5.41) is 16.2. The molecule has 1 aliphatic heterocycles. The van der Waals surface area contributed by atoms with Gasteiger partial charge in [0.25, 0.3) is 5.91 Å². The number of carbonyl (C=O) groups is 2. The van der Waals surface area contributed by atoms with Gasteiger partial charge in [0.2, 0.25) is 5.91 Å². The molecule has 2 amide bonds. The van der Waals surface area contributed by atoms with Crippen LogP contribution in [0.1, 0.15) is 41.1 Å². The van der Waals surface area contributed by atoms with Gasteiger partial charge < -0.3 is 9.88 Å². The number of amides is 2. The molecule has 8 nitrogen and oxygen atoms in total. The van der Waals surface area contributed by atoms with Crippen molar-refractivity contribution in [2.75, 3.05) is 10.6 Å². The number of thiazole rings is 1. The Kier molecular flexibility index (Phi) is 6.62. The van der Waals surface area contributed by atoms with Crippen LogP contribution in [0.4, 0.5) is 15.2 Å². The quantitative estimate of drug-likeness (QED) is 0.408. The van der Waals surface area contributed by atoms with Crippen molar-refractivity contribution in [1.82, 2.24) is 19.7 Å². The first-order valence-electron chi connectivity index (χ1n) is 11.4. The van der Waals surface area contributed by atoms with Gasteiger partial charge in [-0.25, -0.2) is 9.37 Å². The van der Waals surface area contributed by atoms with Crippen LogP contribution in [0.5, 0.6) is 0 Å². The van der Waals surface area contributed by atoms with Crippen LogP contribution in [0.3, 0.4) is 0 Å². The molecule has 0 bridgehead atoms. The molecule has 0 saturated carbocycles. The number of carbonyl (C=O) groups excluding carboxylic acids is 2. The Bertz CT molecular complexity index is 1370. The summed E-state index contributed by atoms with van der Waals surface area (Å²) < 4.78 is 16.7. The summed E-state index contributed by atoms with van der Waals surface area (Å²) in [4.78, 5) is 29.3. The summed E-state index contributed by atoms with van der Waals surface area (Å²) in [5.74, 6) is 0.370. The highest BCUT2D eigenvalue weighted by Crippen LogP contribution is 2.27. The molecule has 5 rings (SSSR count). The molecule has 35 heavy (non-hydrogen) atoms. The lowest BCUT2D eigenvalue weighted by molar-refractivity contribution is -0.115. The molecule has 0 radical (unpaired) electrons. The summed E-state index contributed by atoms with van der Waals surface area (Å²) >= 11 is 1.25. The third-order valence-electron chi connectivity index (χ3n) is 5.75. The molecule has 0 saturated heterocycles. The largest absolute Gasteiger partial charge is 0.326 e. The molecule has 0 aliphatic carbocycles. The minimum absolute atomic E-state index is 0.0186. The van der Waals surface area contributed by atoms with Crippen molar-refractivity contribution in [1.29, 1.82) is 0 Å². The summed E-state index contributed by atoms with van der Waals surface area (Å²) in [6.45, 7) is 0.751. The number of anilines is 2. The van der Waals surface area contributed by atoms with Crippen molar-refractivity contribution < 1.29 is 14.0 Å². The number of aryl methyl sites for hydroxylation is 1. The van der Waals surface area contributed by atoms with E-state index in [0.29, 0.717) is 33.5 Å². The van der Waals surface area contributed by atoms with Crippen molar-refractivity contribution in [3.8, 4) is 11.4 Å². The summed E-state index contributed by atoms with van der Waals surface area (Å²) in [6, 6.07) is 13.3. The van der Waals surface area contributed by atoms with Crippen molar-refractivity contribution in [3.05, 3.63) is 76.8 Å². The molecule has 1 aliphatic rings. The maximum absolute atomic E-state index is 14.7. The Labute approximate surface area is 205 Å². The number of nitrogens with zero attached hydrogens (tertiary/aromatic N) is 4. The lowest BCUT2D eigenvalue weighted by Gasteiger charge is -2.10. The molecule has 0 unspecified atom stereocenters. The Morgan fingerprint density at radius 1 is 1.03 bits per heavy atom. The van der Waals surface area contributed by atoms with Crippen molar-refractivity contribution >= 4 is 34.0 Å². The van der Waals surface area contributed by atoms with E-state index in [1.54, 1.807) is 35.7 Å². The molecule has 0 spiro atoms. The maximum atomic E-state index is 14.7. The van der Waals surface area contributed by atoms with Gasteiger partial charge in [-0.05, 0) is 43.2 Å². The predicted molar refractivity (Wildman–Crippen MR) is 132 cm³/mol. The zero-order valence-electron chi connectivity index (χ0n) is 18.8. The Balaban J connectivity index is 1.25. The van der Waals surface area contributed by atoms with E-state index < -0.39 is 5.82 Å². The van der Waals surface area contributed by atoms with Crippen LogP contribution in [-0.4, -0.2) is 31.6 Å². The van der Waals surface area contributed by atoms with Crippen LogP contribution < -0.4 is 10.6 Å². The average Bonchev–Trinajstić information content (AvgIpc) is 3.39. The monoisotopic (exact) mass is 490 g/mol. The number of benzene rings is 2. The minimum atomic E-state index is -0.416. The minimum Gasteiger partial charge on any atom is -0.326 e. The van der Waals surface area contributed by atoms with Gasteiger partial charge in [0.15, 0.2) is 11.0 Å². The Morgan fingerprint density at radius 3 is 2.74 bits per heavy atom. The average molecular weight is 491 g/mol. The van der Waals surface area contributed by atoms with Crippen LogP contribution in [0.2, 0.25) is 0 Å². The number of hydrogen-bond acceptors (Lipinski definition) is 6. The molecule has 2 N–H and O–H groups in total. The van der Waals surface area contributed by atoms with Crippen LogP contribution in [0, 0.1) is 5.82 Å². The molecule has 0 atom stereocenters. The normalized spacial score (nSPS) is 13.1. The van der Waals surface area contributed by atoms with E-state index in [0.717, 1.165) is 38.1 Å². The molecule has 4 aromatic rings. The number of nitrogens with one attached hydrogen (secondary N) is 2. The van der Waals surface area contributed by atoms with E-state index in [-0.39, 0.29) is 18.2 Å².